The van der Waals surface area contributed by atoms with Crippen molar-refractivity contribution in [2.24, 2.45) is 0 Å². The summed E-state index contributed by atoms with van der Waals surface area (Å²) >= 11 is 0. The van der Waals surface area contributed by atoms with E-state index in [-0.39, 0.29) is 29.1 Å². The summed E-state index contributed by atoms with van der Waals surface area (Å²) in [6, 6.07) is 14.6. The van der Waals surface area contributed by atoms with E-state index in [1.807, 2.05) is 0 Å². The fourth-order valence-electron chi connectivity index (χ4n) is 3.84. The molecule has 0 saturated heterocycles. The Balaban J connectivity index is 1.43. The smallest absolute Gasteiger partial charge is 0.416 e. The summed E-state index contributed by atoms with van der Waals surface area (Å²) in [6.07, 6.45) is -3.43. The first kappa shape index (κ1) is 23.2. The molecule has 0 atom stereocenters. The van der Waals surface area contributed by atoms with Gasteiger partial charge in [-0.1, -0.05) is 18.2 Å². The van der Waals surface area contributed by atoms with Crippen molar-refractivity contribution in [1.29, 1.82) is 0 Å². The number of alkyl halides is 3. The van der Waals surface area contributed by atoms with Crippen LogP contribution in [-0.4, -0.2) is 11.8 Å². The van der Waals surface area contributed by atoms with Crippen LogP contribution in [0.2, 0.25) is 0 Å². The Morgan fingerprint density at radius 2 is 1.67 bits per heavy atom. The molecule has 3 aromatic carbocycles. The summed E-state index contributed by atoms with van der Waals surface area (Å²) in [4.78, 5) is 25.9. The number of nitrogens with one attached hydrogen (secondary N) is 2. The van der Waals surface area contributed by atoms with E-state index in [4.69, 9.17) is 8.83 Å². The van der Waals surface area contributed by atoms with Crippen LogP contribution in [0, 0.1) is 5.82 Å². The molecule has 0 fully saturated rings. The Morgan fingerprint density at radius 1 is 0.861 bits per heavy atom. The van der Waals surface area contributed by atoms with Crippen molar-refractivity contribution in [3.8, 4) is 0 Å². The number of fused-ring (bicyclic) bond motifs is 2. The van der Waals surface area contributed by atoms with Crippen LogP contribution in [0.4, 0.5) is 28.9 Å². The number of halogens is 4. The second-order valence-electron chi connectivity index (χ2n) is 7.96. The van der Waals surface area contributed by atoms with Gasteiger partial charge in [0, 0.05) is 22.0 Å². The average Bonchev–Trinajstić information content (AvgIpc) is 3.40. The minimum absolute atomic E-state index is 0.0547. The van der Waals surface area contributed by atoms with Crippen molar-refractivity contribution in [2.45, 2.75) is 12.6 Å². The Hall–Kier alpha value is -4.60. The lowest BCUT2D eigenvalue weighted by atomic mass is 10.1. The van der Waals surface area contributed by atoms with E-state index >= 15 is 0 Å². The highest BCUT2D eigenvalue weighted by atomic mass is 19.4. The summed E-state index contributed by atoms with van der Waals surface area (Å²) in [7, 11) is 0. The number of carbonyl (C=O) groups excluding carboxylic acids is 2. The van der Waals surface area contributed by atoms with Gasteiger partial charge in [-0.25, -0.2) is 4.39 Å². The SMILES string of the molecule is O=C(Cc1coc2ccc(F)cc12)Nc1c(C(=O)Nc2cccc(C(F)(F)F)c2)oc2ccccc12. The highest BCUT2D eigenvalue weighted by molar-refractivity contribution is 6.14. The number of hydrogen-bond donors (Lipinski definition) is 2. The monoisotopic (exact) mass is 496 g/mol. The lowest BCUT2D eigenvalue weighted by Gasteiger charge is -2.10. The number of rotatable bonds is 5. The summed E-state index contributed by atoms with van der Waals surface area (Å²) in [5.41, 5.74) is 0.164. The van der Waals surface area contributed by atoms with E-state index in [1.165, 1.54) is 30.5 Å². The van der Waals surface area contributed by atoms with Crippen LogP contribution in [0.3, 0.4) is 0 Å². The van der Waals surface area contributed by atoms with E-state index in [0.29, 0.717) is 21.9 Å². The minimum atomic E-state index is -4.58. The van der Waals surface area contributed by atoms with Gasteiger partial charge in [-0.2, -0.15) is 13.2 Å². The van der Waals surface area contributed by atoms with E-state index in [0.717, 1.165) is 18.2 Å². The van der Waals surface area contributed by atoms with E-state index < -0.39 is 29.4 Å². The third-order valence-corrected chi connectivity index (χ3v) is 5.48. The summed E-state index contributed by atoms with van der Waals surface area (Å²) in [6.45, 7) is 0. The molecule has 0 bridgehead atoms. The molecular weight excluding hydrogens is 480 g/mol. The van der Waals surface area contributed by atoms with Gasteiger partial charge in [0.25, 0.3) is 5.91 Å². The molecular formula is C26H16F4N2O4. The van der Waals surface area contributed by atoms with Crippen molar-refractivity contribution in [1.82, 2.24) is 0 Å². The predicted molar refractivity (Wildman–Crippen MR) is 124 cm³/mol. The number of hydrogen-bond acceptors (Lipinski definition) is 4. The van der Waals surface area contributed by atoms with Crippen molar-refractivity contribution < 1.29 is 36.0 Å². The molecule has 0 radical (unpaired) electrons. The minimum Gasteiger partial charge on any atom is -0.464 e. The van der Waals surface area contributed by atoms with Crippen LogP contribution in [0.15, 0.2) is 81.8 Å². The molecule has 2 aromatic heterocycles. The molecule has 182 valence electrons. The molecule has 2 amide bonds. The number of anilines is 2. The zero-order valence-electron chi connectivity index (χ0n) is 18.3. The molecule has 36 heavy (non-hydrogen) atoms. The second-order valence-corrected chi connectivity index (χ2v) is 7.96. The molecule has 0 aliphatic rings. The highest BCUT2D eigenvalue weighted by Crippen LogP contribution is 2.33. The summed E-state index contributed by atoms with van der Waals surface area (Å²) in [5.74, 6) is -2.16. The van der Waals surface area contributed by atoms with Crippen LogP contribution in [-0.2, 0) is 17.4 Å². The van der Waals surface area contributed by atoms with Gasteiger partial charge in [0.1, 0.15) is 22.7 Å². The molecule has 2 N–H and O–H groups in total. The molecule has 6 nitrogen and oxygen atoms in total. The highest BCUT2D eigenvalue weighted by Gasteiger charge is 2.31. The Labute approximate surface area is 200 Å². The van der Waals surface area contributed by atoms with Crippen molar-refractivity contribution >= 4 is 45.1 Å². The van der Waals surface area contributed by atoms with Crippen LogP contribution in [0.1, 0.15) is 21.7 Å². The maximum absolute atomic E-state index is 13.7. The van der Waals surface area contributed by atoms with Crippen LogP contribution in [0.5, 0.6) is 0 Å². The zero-order valence-corrected chi connectivity index (χ0v) is 18.3. The van der Waals surface area contributed by atoms with Crippen LogP contribution >= 0.6 is 0 Å². The predicted octanol–water partition coefficient (Wildman–Crippen LogP) is 6.77. The van der Waals surface area contributed by atoms with Gasteiger partial charge >= 0.3 is 6.18 Å². The summed E-state index contributed by atoms with van der Waals surface area (Å²) < 4.78 is 63.8. The molecule has 10 heteroatoms. The first-order valence-electron chi connectivity index (χ1n) is 10.6. The number of furan rings is 2. The van der Waals surface area contributed by atoms with Gasteiger partial charge in [0.2, 0.25) is 11.7 Å². The maximum Gasteiger partial charge on any atom is 0.416 e. The summed E-state index contributed by atoms with van der Waals surface area (Å²) in [5, 5.41) is 5.88. The van der Waals surface area contributed by atoms with Gasteiger partial charge < -0.3 is 19.5 Å². The van der Waals surface area contributed by atoms with Crippen LogP contribution in [0.25, 0.3) is 21.9 Å². The quantitative estimate of drug-likeness (QED) is 0.263. The molecule has 2 heterocycles. The number of amides is 2. The molecule has 0 spiro atoms. The number of benzene rings is 3. The average molecular weight is 496 g/mol. The Morgan fingerprint density at radius 3 is 2.47 bits per heavy atom. The van der Waals surface area contributed by atoms with Crippen molar-refractivity contribution in [3.63, 3.8) is 0 Å². The lowest BCUT2D eigenvalue weighted by molar-refractivity contribution is -0.137. The standard InChI is InChI=1S/C26H16F4N2O4/c27-16-8-9-20-19(12-16)14(13-35-20)10-22(33)32-23-18-6-1-2-7-21(18)36-24(23)25(34)31-17-5-3-4-15(11-17)26(28,29)30/h1-9,11-13H,10H2,(H,31,34)(H,32,33). The third kappa shape index (κ3) is 4.52. The van der Waals surface area contributed by atoms with Crippen molar-refractivity contribution in [3.05, 3.63) is 95.7 Å². The van der Waals surface area contributed by atoms with E-state index in [2.05, 4.69) is 10.6 Å². The number of carbonyl (C=O) groups is 2. The normalized spacial score (nSPS) is 11.7. The van der Waals surface area contributed by atoms with Gasteiger partial charge in [0.15, 0.2) is 0 Å². The van der Waals surface area contributed by atoms with Gasteiger partial charge in [-0.3, -0.25) is 9.59 Å². The molecule has 0 aliphatic carbocycles. The van der Waals surface area contributed by atoms with Crippen LogP contribution < -0.4 is 10.6 Å². The van der Waals surface area contributed by atoms with E-state index in [9.17, 15) is 27.2 Å². The second kappa shape index (κ2) is 8.88. The zero-order chi connectivity index (χ0) is 25.4. The lowest BCUT2D eigenvalue weighted by Crippen LogP contribution is -2.18. The molecule has 0 saturated carbocycles. The first-order valence-corrected chi connectivity index (χ1v) is 10.6. The van der Waals surface area contributed by atoms with Gasteiger partial charge in [-0.15, -0.1) is 0 Å². The maximum atomic E-state index is 13.7. The fourth-order valence-corrected chi connectivity index (χ4v) is 3.84. The molecule has 0 unspecified atom stereocenters. The van der Waals surface area contributed by atoms with Gasteiger partial charge in [0.05, 0.1) is 18.2 Å². The van der Waals surface area contributed by atoms with Crippen molar-refractivity contribution in [2.75, 3.05) is 10.6 Å². The Kier molecular flexibility index (Phi) is 5.71. The van der Waals surface area contributed by atoms with E-state index in [1.54, 1.807) is 24.3 Å². The molecule has 5 aromatic rings. The topological polar surface area (TPSA) is 84.5 Å². The number of para-hydroxylation sites is 1. The largest absolute Gasteiger partial charge is 0.464 e. The molecule has 5 rings (SSSR count). The first-order chi connectivity index (χ1) is 17.2. The third-order valence-electron chi connectivity index (χ3n) is 5.48. The van der Waals surface area contributed by atoms with Gasteiger partial charge in [-0.05, 0) is 48.5 Å². The fraction of sp³-hybridized carbons (Fsp3) is 0.0769. The molecule has 0 aliphatic heterocycles. The Bertz CT molecular complexity index is 1620.